The Bertz CT molecular complexity index is 660. The molecule has 1 saturated carbocycles. The lowest BCUT2D eigenvalue weighted by molar-refractivity contribution is 0.0583. The van der Waals surface area contributed by atoms with Gasteiger partial charge in [-0.05, 0) is 44.6 Å². The molecule has 6 heteroatoms. The van der Waals surface area contributed by atoms with E-state index < -0.39 is 0 Å². The summed E-state index contributed by atoms with van der Waals surface area (Å²) in [5.41, 5.74) is 0.470. The van der Waals surface area contributed by atoms with Gasteiger partial charge in [-0.25, -0.2) is 0 Å². The van der Waals surface area contributed by atoms with E-state index in [2.05, 4.69) is 10.3 Å². The van der Waals surface area contributed by atoms with Gasteiger partial charge in [-0.2, -0.15) is 5.10 Å². The first kappa shape index (κ1) is 14.5. The number of rotatable bonds is 5. The van der Waals surface area contributed by atoms with Crippen LogP contribution in [0.4, 0.5) is 0 Å². The van der Waals surface area contributed by atoms with E-state index in [1.54, 1.807) is 6.20 Å². The molecule has 6 nitrogen and oxygen atoms in total. The van der Waals surface area contributed by atoms with Crippen molar-refractivity contribution in [1.82, 2.24) is 19.8 Å². The summed E-state index contributed by atoms with van der Waals surface area (Å²) in [5, 5.41) is 8.26. The average Bonchev–Trinajstić information content (AvgIpc) is 3.11. The van der Waals surface area contributed by atoms with Gasteiger partial charge in [0.05, 0.1) is 0 Å². The third-order valence-electron chi connectivity index (χ3n) is 4.87. The van der Waals surface area contributed by atoms with Crippen LogP contribution in [0, 0.1) is 0 Å². The Morgan fingerprint density at radius 1 is 1.30 bits per heavy atom. The molecule has 23 heavy (non-hydrogen) atoms. The van der Waals surface area contributed by atoms with Crippen molar-refractivity contribution in [1.29, 1.82) is 0 Å². The fourth-order valence-corrected chi connectivity index (χ4v) is 3.38. The highest BCUT2D eigenvalue weighted by Crippen LogP contribution is 2.40. The number of aryl methyl sites for hydroxylation is 1. The van der Waals surface area contributed by atoms with Crippen LogP contribution < -0.4 is 0 Å². The molecular weight excluding hydrogens is 292 g/mol. The lowest BCUT2D eigenvalue weighted by atomic mass is 9.99. The zero-order chi connectivity index (χ0) is 15.6. The van der Waals surface area contributed by atoms with Crippen molar-refractivity contribution in [3.05, 3.63) is 36.0 Å². The third kappa shape index (κ3) is 3.16. The summed E-state index contributed by atoms with van der Waals surface area (Å²) in [6.07, 6.45) is 10.3. The van der Waals surface area contributed by atoms with Crippen molar-refractivity contribution in [3.8, 4) is 0 Å². The normalized spacial score (nSPS) is 21.6. The quantitative estimate of drug-likeness (QED) is 0.851. The van der Waals surface area contributed by atoms with E-state index in [-0.39, 0.29) is 11.9 Å². The van der Waals surface area contributed by atoms with Crippen LogP contribution in [-0.2, 0) is 6.54 Å². The predicted molar refractivity (Wildman–Crippen MR) is 84.0 cm³/mol. The van der Waals surface area contributed by atoms with Gasteiger partial charge in [0.2, 0.25) is 0 Å². The van der Waals surface area contributed by atoms with Gasteiger partial charge >= 0.3 is 0 Å². The van der Waals surface area contributed by atoms with Gasteiger partial charge < -0.3 is 9.42 Å². The lowest BCUT2D eigenvalue weighted by Gasteiger charge is -2.35. The molecule has 2 aliphatic rings. The number of carbonyl (C=O) groups is 1. The first-order valence-electron chi connectivity index (χ1n) is 8.56. The Hall–Kier alpha value is -2.11. The Morgan fingerprint density at radius 2 is 2.22 bits per heavy atom. The summed E-state index contributed by atoms with van der Waals surface area (Å²) in [6.45, 7) is 1.65. The second kappa shape index (κ2) is 6.18. The predicted octanol–water partition coefficient (Wildman–Crippen LogP) is 2.83. The second-order valence-electron chi connectivity index (χ2n) is 6.59. The molecule has 0 bridgehead atoms. The van der Waals surface area contributed by atoms with Gasteiger partial charge in [-0.1, -0.05) is 5.16 Å². The monoisotopic (exact) mass is 314 g/mol. The van der Waals surface area contributed by atoms with Gasteiger partial charge in [-0.3, -0.25) is 9.48 Å². The summed E-state index contributed by atoms with van der Waals surface area (Å²) < 4.78 is 7.27. The van der Waals surface area contributed by atoms with E-state index >= 15 is 0 Å². The van der Waals surface area contributed by atoms with Crippen LogP contribution in [0.1, 0.15) is 60.7 Å². The number of nitrogens with zero attached hydrogens (tertiary/aromatic N) is 4. The van der Waals surface area contributed by atoms with Crippen LogP contribution >= 0.6 is 0 Å². The molecule has 2 aromatic rings. The number of carbonyl (C=O) groups excluding carboxylic acids is 1. The van der Waals surface area contributed by atoms with E-state index in [0.29, 0.717) is 11.6 Å². The van der Waals surface area contributed by atoms with Crippen molar-refractivity contribution in [2.75, 3.05) is 6.54 Å². The SMILES string of the molecule is O=C(c1cc(C2CC2)on1)N1CCCC[C@@H]1CCn1cccn1. The van der Waals surface area contributed by atoms with Crippen LogP contribution in [0.2, 0.25) is 0 Å². The van der Waals surface area contributed by atoms with Crippen molar-refractivity contribution in [3.63, 3.8) is 0 Å². The Morgan fingerprint density at radius 3 is 3.00 bits per heavy atom. The highest BCUT2D eigenvalue weighted by atomic mass is 16.5. The maximum atomic E-state index is 12.8. The molecule has 1 amide bonds. The van der Waals surface area contributed by atoms with E-state index in [4.69, 9.17) is 4.52 Å². The molecule has 1 atom stereocenters. The standard InChI is InChI=1S/C17H22N4O2/c22-17(15-12-16(23-19-15)13-5-6-13)21-10-2-1-4-14(21)7-11-20-9-3-8-18-20/h3,8-9,12-14H,1-2,4-7,10-11H2/t14-/m1/s1. The van der Waals surface area contributed by atoms with Crippen LogP contribution in [-0.4, -0.2) is 38.3 Å². The molecule has 1 aliphatic heterocycles. The van der Waals surface area contributed by atoms with Crippen LogP contribution in [0.5, 0.6) is 0 Å². The van der Waals surface area contributed by atoms with Crippen molar-refractivity contribution in [2.45, 2.75) is 57.0 Å². The first-order valence-corrected chi connectivity index (χ1v) is 8.56. The molecule has 1 aliphatic carbocycles. The summed E-state index contributed by atoms with van der Waals surface area (Å²) >= 11 is 0. The summed E-state index contributed by atoms with van der Waals surface area (Å²) in [7, 11) is 0. The first-order chi connectivity index (χ1) is 11.3. The van der Waals surface area contributed by atoms with Crippen molar-refractivity contribution >= 4 is 5.91 Å². The lowest BCUT2D eigenvalue weighted by Crippen LogP contribution is -2.44. The second-order valence-corrected chi connectivity index (χ2v) is 6.59. The molecule has 1 saturated heterocycles. The van der Waals surface area contributed by atoms with E-state index in [9.17, 15) is 4.79 Å². The molecule has 0 aromatic carbocycles. The zero-order valence-electron chi connectivity index (χ0n) is 13.2. The number of aromatic nitrogens is 3. The molecular formula is C17H22N4O2. The smallest absolute Gasteiger partial charge is 0.276 e. The fraction of sp³-hybridized carbons (Fsp3) is 0.588. The largest absolute Gasteiger partial charge is 0.360 e. The Balaban J connectivity index is 1.43. The molecule has 122 valence electrons. The van der Waals surface area contributed by atoms with Gasteiger partial charge in [0.15, 0.2) is 5.69 Å². The highest BCUT2D eigenvalue weighted by molar-refractivity contribution is 5.92. The van der Waals surface area contributed by atoms with E-state index in [1.165, 1.54) is 6.42 Å². The highest BCUT2D eigenvalue weighted by Gasteiger charge is 2.32. The summed E-state index contributed by atoms with van der Waals surface area (Å²) in [5.74, 6) is 1.38. The van der Waals surface area contributed by atoms with Crippen LogP contribution in [0.25, 0.3) is 0 Å². The maximum absolute atomic E-state index is 12.8. The number of amides is 1. The van der Waals surface area contributed by atoms with Gasteiger partial charge in [0, 0.05) is 43.5 Å². The minimum atomic E-state index is 0.0193. The van der Waals surface area contributed by atoms with Crippen LogP contribution in [0.15, 0.2) is 29.0 Å². The van der Waals surface area contributed by atoms with Gasteiger partial charge in [-0.15, -0.1) is 0 Å². The van der Waals surface area contributed by atoms with E-state index in [1.807, 2.05) is 27.9 Å². The molecule has 0 N–H and O–H groups in total. The Kier molecular flexibility index (Phi) is 3.89. The van der Waals surface area contributed by atoms with Crippen LogP contribution in [0.3, 0.4) is 0 Å². The minimum Gasteiger partial charge on any atom is -0.360 e. The van der Waals surface area contributed by atoms with Crippen molar-refractivity contribution < 1.29 is 9.32 Å². The molecule has 2 aromatic heterocycles. The number of hydrogen-bond donors (Lipinski definition) is 0. The molecule has 0 spiro atoms. The number of piperidine rings is 1. The third-order valence-corrected chi connectivity index (χ3v) is 4.87. The fourth-order valence-electron chi connectivity index (χ4n) is 3.38. The molecule has 3 heterocycles. The topological polar surface area (TPSA) is 64.2 Å². The Labute approximate surface area is 135 Å². The molecule has 4 rings (SSSR count). The molecule has 0 unspecified atom stereocenters. The average molecular weight is 314 g/mol. The number of hydrogen-bond acceptors (Lipinski definition) is 4. The van der Waals surface area contributed by atoms with Gasteiger partial charge in [0.1, 0.15) is 5.76 Å². The molecule has 0 radical (unpaired) electrons. The zero-order valence-corrected chi connectivity index (χ0v) is 13.2. The maximum Gasteiger partial charge on any atom is 0.276 e. The number of likely N-dealkylation sites (tertiary alicyclic amines) is 1. The minimum absolute atomic E-state index is 0.0193. The van der Waals surface area contributed by atoms with Gasteiger partial charge in [0.25, 0.3) is 5.91 Å². The van der Waals surface area contributed by atoms with E-state index in [0.717, 1.165) is 51.0 Å². The summed E-state index contributed by atoms with van der Waals surface area (Å²) in [4.78, 5) is 14.8. The van der Waals surface area contributed by atoms with Crippen molar-refractivity contribution in [2.24, 2.45) is 0 Å². The summed E-state index contributed by atoms with van der Waals surface area (Å²) in [6, 6.07) is 4.04. The molecule has 2 fully saturated rings.